The summed E-state index contributed by atoms with van der Waals surface area (Å²) in [5, 5.41) is 0. The number of hydrogen-bond donors (Lipinski definition) is 0. The fourth-order valence-electron chi connectivity index (χ4n) is 3.57. The molecule has 3 rings (SSSR count). The maximum absolute atomic E-state index is 2.69. The summed E-state index contributed by atoms with van der Waals surface area (Å²) in [6, 6.07) is 10.6. The summed E-state index contributed by atoms with van der Waals surface area (Å²) in [4.78, 5) is 6.72. The molecule has 104 valence electrons. The fraction of sp³-hybridized carbons (Fsp3) is 0.625. The number of rotatable bonds is 3. The lowest BCUT2D eigenvalue weighted by molar-refractivity contribution is 0.0470. The summed E-state index contributed by atoms with van der Waals surface area (Å²) < 4.78 is 0. The Morgan fingerprint density at radius 3 is 2.68 bits per heavy atom. The van der Waals surface area contributed by atoms with Gasteiger partial charge in [-0.1, -0.05) is 12.1 Å². The molecule has 0 aliphatic carbocycles. The third-order valence-electron chi connectivity index (χ3n) is 4.77. The molecule has 2 atom stereocenters. The van der Waals surface area contributed by atoms with E-state index in [1.165, 1.54) is 42.9 Å². The van der Waals surface area contributed by atoms with Gasteiger partial charge in [0.05, 0.1) is 0 Å². The normalized spacial score (nSPS) is 28.5. The van der Waals surface area contributed by atoms with Crippen LogP contribution >= 0.6 is 11.8 Å². The van der Waals surface area contributed by atoms with E-state index in [-0.39, 0.29) is 0 Å². The topological polar surface area (TPSA) is 6.48 Å². The molecule has 2 nitrogen and oxygen atoms in total. The van der Waals surface area contributed by atoms with Gasteiger partial charge < -0.3 is 0 Å². The van der Waals surface area contributed by atoms with E-state index < -0.39 is 0 Å². The van der Waals surface area contributed by atoms with Gasteiger partial charge in [0.15, 0.2) is 0 Å². The Bertz CT molecular complexity index is 417. The molecule has 0 bridgehead atoms. The minimum Gasteiger partial charge on any atom is -0.298 e. The Balaban J connectivity index is 1.65. The second kappa shape index (κ2) is 5.86. The van der Waals surface area contributed by atoms with Gasteiger partial charge in [0.1, 0.15) is 0 Å². The van der Waals surface area contributed by atoms with Gasteiger partial charge in [-0.25, -0.2) is 0 Å². The molecule has 0 radical (unpaired) electrons. The van der Waals surface area contributed by atoms with Crippen molar-refractivity contribution >= 4 is 11.8 Å². The highest BCUT2D eigenvalue weighted by atomic mass is 32.2. The summed E-state index contributed by atoms with van der Waals surface area (Å²) in [6.07, 6.45) is 4.92. The molecule has 3 heteroatoms. The van der Waals surface area contributed by atoms with Crippen molar-refractivity contribution in [1.29, 1.82) is 0 Å². The molecule has 2 aliphatic rings. The van der Waals surface area contributed by atoms with Gasteiger partial charge in [-0.15, -0.1) is 11.8 Å². The summed E-state index contributed by atoms with van der Waals surface area (Å²) in [6.45, 7) is 7.34. The van der Waals surface area contributed by atoms with E-state index in [2.05, 4.69) is 47.2 Å². The first-order chi connectivity index (χ1) is 9.28. The Labute approximate surface area is 121 Å². The van der Waals surface area contributed by atoms with Crippen molar-refractivity contribution in [3.63, 3.8) is 0 Å². The molecular weight excluding hydrogens is 252 g/mol. The quantitative estimate of drug-likeness (QED) is 0.783. The van der Waals surface area contributed by atoms with E-state index in [1.807, 2.05) is 11.8 Å². The van der Waals surface area contributed by atoms with Crippen LogP contribution in [0.3, 0.4) is 0 Å². The monoisotopic (exact) mass is 276 g/mol. The first-order valence-corrected chi connectivity index (χ1v) is 8.61. The molecule has 0 N–H and O–H groups in total. The highest BCUT2D eigenvalue weighted by molar-refractivity contribution is 7.98. The van der Waals surface area contributed by atoms with Crippen molar-refractivity contribution in [3.8, 4) is 0 Å². The average molecular weight is 276 g/mol. The number of nitrogens with zero attached hydrogens (tertiary/aromatic N) is 2. The average Bonchev–Trinajstić information content (AvgIpc) is 2.92. The molecule has 0 amide bonds. The van der Waals surface area contributed by atoms with Crippen molar-refractivity contribution < 1.29 is 0 Å². The standard InChI is InChI=1S/C16H24N2S/c1-13-16-4-3-9-17(16)10-11-18(13)12-14-5-7-15(19-2)8-6-14/h5-8,13,16H,3-4,9-12H2,1-2H3. The molecule has 2 unspecified atom stereocenters. The maximum atomic E-state index is 2.69. The highest BCUT2D eigenvalue weighted by Crippen LogP contribution is 2.27. The largest absolute Gasteiger partial charge is 0.298 e. The lowest BCUT2D eigenvalue weighted by Gasteiger charge is -2.43. The van der Waals surface area contributed by atoms with Crippen molar-refractivity contribution in [2.75, 3.05) is 25.9 Å². The molecule has 0 aromatic heterocycles. The van der Waals surface area contributed by atoms with E-state index in [1.54, 1.807) is 0 Å². The van der Waals surface area contributed by atoms with Crippen LogP contribution in [0.25, 0.3) is 0 Å². The van der Waals surface area contributed by atoms with E-state index >= 15 is 0 Å². The van der Waals surface area contributed by atoms with Gasteiger partial charge in [0.2, 0.25) is 0 Å². The van der Waals surface area contributed by atoms with Gasteiger partial charge in [0, 0.05) is 36.6 Å². The van der Waals surface area contributed by atoms with Crippen molar-refractivity contribution in [2.45, 2.75) is 43.3 Å². The van der Waals surface area contributed by atoms with Crippen molar-refractivity contribution in [1.82, 2.24) is 9.80 Å². The van der Waals surface area contributed by atoms with Crippen LogP contribution in [0.2, 0.25) is 0 Å². The van der Waals surface area contributed by atoms with Crippen LogP contribution < -0.4 is 0 Å². The number of piperazine rings is 1. The molecule has 0 saturated carbocycles. The lowest BCUT2D eigenvalue weighted by atomic mass is 10.0. The second-order valence-electron chi connectivity index (χ2n) is 5.80. The summed E-state index contributed by atoms with van der Waals surface area (Å²) >= 11 is 1.82. The first-order valence-electron chi connectivity index (χ1n) is 7.39. The minimum absolute atomic E-state index is 0.705. The van der Waals surface area contributed by atoms with Crippen LogP contribution in [-0.4, -0.2) is 47.8 Å². The number of benzene rings is 1. The van der Waals surface area contributed by atoms with Crippen LogP contribution in [0.5, 0.6) is 0 Å². The molecule has 2 aliphatic heterocycles. The van der Waals surface area contributed by atoms with E-state index in [0.29, 0.717) is 6.04 Å². The Hall–Kier alpha value is -0.510. The van der Waals surface area contributed by atoms with E-state index in [9.17, 15) is 0 Å². The van der Waals surface area contributed by atoms with E-state index in [4.69, 9.17) is 0 Å². The Kier molecular flexibility index (Phi) is 4.15. The van der Waals surface area contributed by atoms with Crippen LogP contribution in [-0.2, 0) is 6.54 Å². The predicted octanol–water partition coefficient (Wildman–Crippen LogP) is 3.08. The SMILES string of the molecule is CSc1ccc(CN2CCN3CCCC3C2C)cc1. The molecule has 2 heterocycles. The second-order valence-corrected chi connectivity index (χ2v) is 6.68. The molecule has 1 aromatic rings. The summed E-state index contributed by atoms with van der Waals surface area (Å²) in [5.74, 6) is 0. The van der Waals surface area contributed by atoms with Gasteiger partial charge in [-0.2, -0.15) is 0 Å². The zero-order valence-corrected chi connectivity index (χ0v) is 12.8. The van der Waals surface area contributed by atoms with Gasteiger partial charge in [0.25, 0.3) is 0 Å². The van der Waals surface area contributed by atoms with Crippen LogP contribution in [0.1, 0.15) is 25.3 Å². The molecule has 2 fully saturated rings. The van der Waals surface area contributed by atoms with Gasteiger partial charge >= 0.3 is 0 Å². The van der Waals surface area contributed by atoms with Crippen LogP contribution in [0, 0.1) is 0 Å². The van der Waals surface area contributed by atoms with E-state index in [0.717, 1.165) is 12.6 Å². The molecule has 0 spiro atoms. The minimum atomic E-state index is 0.705. The smallest absolute Gasteiger partial charge is 0.0250 e. The Morgan fingerprint density at radius 1 is 1.16 bits per heavy atom. The summed E-state index contributed by atoms with van der Waals surface area (Å²) in [5.41, 5.74) is 1.45. The maximum Gasteiger partial charge on any atom is 0.0250 e. The van der Waals surface area contributed by atoms with Crippen molar-refractivity contribution in [3.05, 3.63) is 29.8 Å². The van der Waals surface area contributed by atoms with Crippen LogP contribution in [0.4, 0.5) is 0 Å². The lowest BCUT2D eigenvalue weighted by Crippen LogP contribution is -2.55. The number of hydrogen-bond acceptors (Lipinski definition) is 3. The predicted molar refractivity (Wildman–Crippen MR) is 82.7 cm³/mol. The fourth-order valence-corrected chi connectivity index (χ4v) is 3.98. The van der Waals surface area contributed by atoms with Gasteiger partial charge in [-0.05, 0) is 50.3 Å². The summed E-state index contributed by atoms with van der Waals surface area (Å²) in [7, 11) is 0. The zero-order chi connectivity index (χ0) is 13.2. The molecule has 2 saturated heterocycles. The molecular formula is C16H24N2S. The third-order valence-corrected chi connectivity index (χ3v) is 5.51. The zero-order valence-electron chi connectivity index (χ0n) is 12.0. The van der Waals surface area contributed by atoms with Gasteiger partial charge in [-0.3, -0.25) is 9.80 Å². The third kappa shape index (κ3) is 2.83. The molecule has 19 heavy (non-hydrogen) atoms. The highest BCUT2D eigenvalue weighted by Gasteiger charge is 2.36. The van der Waals surface area contributed by atoms with Crippen molar-refractivity contribution in [2.24, 2.45) is 0 Å². The van der Waals surface area contributed by atoms with Crippen LogP contribution in [0.15, 0.2) is 29.2 Å². The number of thioether (sulfide) groups is 1. The Morgan fingerprint density at radius 2 is 1.95 bits per heavy atom. The number of fused-ring (bicyclic) bond motifs is 1. The first kappa shape index (κ1) is 13.5. The molecule has 1 aromatic carbocycles.